The third kappa shape index (κ3) is 3.21. The zero-order valence-corrected chi connectivity index (χ0v) is 10.0. The molecule has 1 fully saturated rings. The van der Waals surface area contributed by atoms with Crippen LogP contribution in [-0.4, -0.2) is 35.3 Å². The fraction of sp³-hybridized carbons (Fsp3) is 0.583. The molecule has 0 N–H and O–H groups in total. The van der Waals surface area contributed by atoms with Crippen LogP contribution in [0.5, 0.6) is 0 Å². The van der Waals surface area contributed by atoms with Crippen molar-refractivity contribution < 1.29 is 0 Å². The summed E-state index contributed by atoms with van der Waals surface area (Å²) in [6, 6.07) is 4.96. The van der Waals surface area contributed by atoms with Gasteiger partial charge in [0.15, 0.2) is 0 Å². The molecule has 15 heavy (non-hydrogen) atoms. The van der Waals surface area contributed by atoms with Crippen molar-refractivity contribution in [2.75, 3.05) is 19.3 Å². The number of hydrogen-bond donors (Lipinski definition) is 0. The lowest BCUT2D eigenvalue weighted by Crippen LogP contribution is -2.26. The Morgan fingerprint density at radius 1 is 1.60 bits per heavy atom. The van der Waals surface area contributed by atoms with Crippen LogP contribution < -0.4 is 0 Å². The highest BCUT2D eigenvalue weighted by Crippen LogP contribution is 2.21. The van der Waals surface area contributed by atoms with Gasteiger partial charge in [0.25, 0.3) is 0 Å². The average molecular weight is 222 g/mol. The van der Waals surface area contributed by atoms with E-state index in [-0.39, 0.29) is 0 Å². The minimum absolute atomic E-state index is 0.798. The molecular weight excluding hydrogens is 204 g/mol. The van der Waals surface area contributed by atoms with Gasteiger partial charge in [-0.1, -0.05) is 6.07 Å². The van der Waals surface area contributed by atoms with Crippen LogP contribution >= 0.6 is 11.8 Å². The van der Waals surface area contributed by atoms with Crippen LogP contribution in [0.1, 0.15) is 18.4 Å². The summed E-state index contributed by atoms with van der Waals surface area (Å²) < 4.78 is 0. The highest BCUT2D eigenvalue weighted by Gasteiger charge is 2.20. The first kappa shape index (κ1) is 11.0. The molecule has 1 aromatic heterocycles. The van der Waals surface area contributed by atoms with Gasteiger partial charge in [-0.15, -0.1) is 0 Å². The SMILES string of the molecule is CN1CCCC1CSCc1cccnc1. The van der Waals surface area contributed by atoms with Gasteiger partial charge in [-0.05, 0) is 38.1 Å². The lowest BCUT2D eigenvalue weighted by atomic mass is 10.2. The molecule has 0 spiro atoms. The van der Waals surface area contributed by atoms with E-state index in [1.165, 1.54) is 30.7 Å². The summed E-state index contributed by atoms with van der Waals surface area (Å²) in [5, 5.41) is 0. The number of likely N-dealkylation sites (tertiary alicyclic amines) is 1. The normalized spacial score (nSPS) is 22.1. The molecule has 1 aliphatic heterocycles. The van der Waals surface area contributed by atoms with Crippen LogP contribution in [0, 0.1) is 0 Å². The molecule has 2 rings (SSSR count). The van der Waals surface area contributed by atoms with Crippen LogP contribution in [-0.2, 0) is 5.75 Å². The van der Waals surface area contributed by atoms with Gasteiger partial charge in [-0.2, -0.15) is 11.8 Å². The van der Waals surface area contributed by atoms with E-state index in [1.54, 1.807) is 0 Å². The minimum Gasteiger partial charge on any atom is -0.303 e. The molecule has 0 radical (unpaired) electrons. The summed E-state index contributed by atoms with van der Waals surface area (Å²) in [7, 11) is 2.24. The van der Waals surface area contributed by atoms with Crippen molar-refractivity contribution in [3.63, 3.8) is 0 Å². The molecule has 0 aromatic carbocycles. The Kier molecular flexibility index (Phi) is 4.03. The van der Waals surface area contributed by atoms with Gasteiger partial charge in [-0.25, -0.2) is 0 Å². The summed E-state index contributed by atoms with van der Waals surface area (Å²) in [5.41, 5.74) is 1.34. The Morgan fingerprint density at radius 2 is 2.53 bits per heavy atom. The fourth-order valence-corrected chi connectivity index (χ4v) is 3.20. The molecule has 1 aromatic rings. The van der Waals surface area contributed by atoms with Crippen LogP contribution in [0.3, 0.4) is 0 Å². The van der Waals surface area contributed by atoms with Crippen LogP contribution in [0.15, 0.2) is 24.5 Å². The molecule has 1 saturated heterocycles. The predicted molar refractivity (Wildman–Crippen MR) is 66.1 cm³/mol. The van der Waals surface area contributed by atoms with E-state index in [4.69, 9.17) is 0 Å². The largest absolute Gasteiger partial charge is 0.303 e. The van der Waals surface area contributed by atoms with E-state index >= 15 is 0 Å². The molecule has 1 unspecified atom stereocenters. The molecule has 1 atom stereocenters. The van der Waals surface area contributed by atoms with Gasteiger partial charge in [0.05, 0.1) is 0 Å². The fourth-order valence-electron chi connectivity index (χ4n) is 1.99. The summed E-state index contributed by atoms with van der Waals surface area (Å²) in [4.78, 5) is 6.61. The van der Waals surface area contributed by atoms with Crippen LogP contribution in [0.25, 0.3) is 0 Å². The average Bonchev–Trinajstić information content (AvgIpc) is 2.66. The van der Waals surface area contributed by atoms with Crippen molar-refractivity contribution in [3.8, 4) is 0 Å². The number of pyridine rings is 1. The quantitative estimate of drug-likeness (QED) is 0.778. The maximum atomic E-state index is 4.13. The number of hydrogen-bond acceptors (Lipinski definition) is 3. The van der Waals surface area contributed by atoms with Crippen molar-refractivity contribution in [1.82, 2.24) is 9.88 Å². The molecule has 1 aliphatic rings. The van der Waals surface area contributed by atoms with Crippen molar-refractivity contribution in [2.45, 2.75) is 24.6 Å². The molecule has 2 heterocycles. The molecule has 82 valence electrons. The van der Waals surface area contributed by atoms with Crippen molar-refractivity contribution >= 4 is 11.8 Å². The zero-order valence-electron chi connectivity index (χ0n) is 9.22. The second-order valence-corrected chi connectivity index (χ2v) is 5.18. The van der Waals surface area contributed by atoms with E-state index < -0.39 is 0 Å². The van der Waals surface area contributed by atoms with Crippen molar-refractivity contribution in [3.05, 3.63) is 30.1 Å². The molecule has 0 amide bonds. The first-order chi connectivity index (χ1) is 7.36. The standard InChI is InChI=1S/C12H18N2S/c1-14-7-3-5-12(14)10-15-9-11-4-2-6-13-8-11/h2,4,6,8,12H,3,5,7,9-10H2,1H3. The van der Waals surface area contributed by atoms with E-state index in [0.29, 0.717) is 0 Å². The monoisotopic (exact) mass is 222 g/mol. The zero-order chi connectivity index (χ0) is 10.5. The lowest BCUT2D eigenvalue weighted by Gasteiger charge is -2.18. The third-order valence-electron chi connectivity index (χ3n) is 2.97. The number of nitrogens with zero attached hydrogens (tertiary/aromatic N) is 2. The van der Waals surface area contributed by atoms with E-state index in [0.717, 1.165) is 11.8 Å². The number of rotatable bonds is 4. The van der Waals surface area contributed by atoms with E-state index in [1.807, 2.05) is 30.2 Å². The van der Waals surface area contributed by atoms with Gasteiger partial charge in [0.2, 0.25) is 0 Å². The Bertz CT molecular complexity index is 289. The number of aromatic nitrogens is 1. The topological polar surface area (TPSA) is 16.1 Å². The van der Waals surface area contributed by atoms with Gasteiger partial charge in [-0.3, -0.25) is 4.98 Å². The minimum atomic E-state index is 0.798. The smallest absolute Gasteiger partial charge is 0.0308 e. The van der Waals surface area contributed by atoms with E-state index in [9.17, 15) is 0 Å². The first-order valence-corrected chi connectivity index (χ1v) is 6.68. The second-order valence-electron chi connectivity index (χ2n) is 4.15. The van der Waals surface area contributed by atoms with Crippen molar-refractivity contribution in [1.29, 1.82) is 0 Å². The summed E-state index contributed by atoms with van der Waals surface area (Å²) in [6.07, 6.45) is 6.54. The highest BCUT2D eigenvalue weighted by atomic mass is 32.2. The maximum absolute atomic E-state index is 4.13. The molecule has 2 nitrogen and oxygen atoms in total. The van der Waals surface area contributed by atoms with Crippen LogP contribution in [0.4, 0.5) is 0 Å². The molecule has 0 saturated carbocycles. The summed E-state index contributed by atoms with van der Waals surface area (Å²) in [6.45, 7) is 1.28. The van der Waals surface area contributed by atoms with Gasteiger partial charge >= 0.3 is 0 Å². The van der Waals surface area contributed by atoms with E-state index in [2.05, 4.69) is 23.0 Å². The summed E-state index contributed by atoms with van der Waals surface area (Å²) in [5.74, 6) is 2.35. The number of thioether (sulfide) groups is 1. The third-order valence-corrected chi connectivity index (χ3v) is 4.13. The lowest BCUT2D eigenvalue weighted by molar-refractivity contribution is 0.335. The second kappa shape index (κ2) is 5.52. The molecular formula is C12H18N2S. The van der Waals surface area contributed by atoms with Crippen LogP contribution in [0.2, 0.25) is 0 Å². The Hall–Kier alpha value is -0.540. The van der Waals surface area contributed by atoms with Gasteiger partial charge in [0.1, 0.15) is 0 Å². The maximum Gasteiger partial charge on any atom is 0.0308 e. The first-order valence-electron chi connectivity index (χ1n) is 5.53. The van der Waals surface area contributed by atoms with Gasteiger partial charge in [0, 0.05) is 29.9 Å². The Morgan fingerprint density at radius 3 is 3.20 bits per heavy atom. The van der Waals surface area contributed by atoms with Crippen molar-refractivity contribution in [2.24, 2.45) is 0 Å². The molecule has 0 aliphatic carbocycles. The predicted octanol–water partition coefficient (Wildman–Crippen LogP) is 2.41. The van der Waals surface area contributed by atoms with Gasteiger partial charge < -0.3 is 4.90 Å². The molecule has 0 bridgehead atoms. The highest BCUT2D eigenvalue weighted by molar-refractivity contribution is 7.98. The molecule has 3 heteroatoms. The Balaban J connectivity index is 1.71. The summed E-state index contributed by atoms with van der Waals surface area (Å²) >= 11 is 2.03. The Labute approximate surface area is 96.1 Å².